The number of nitrogens with two attached hydrogens (primary N) is 1. The van der Waals surface area contributed by atoms with Gasteiger partial charge in [-0.15, -0.1) is 0 Å². The van der Waals surface area contributed by atoms with Crippen LogP contribution in [0.1, 0.15) is 31.1 Å². The Balaban J connectivity index is 2.57. The lowest BCUT2D eigenvalue weighted by Crippen LogP contribution is -2.41. The van der Waals surface area contributed by atoms with E-state index in [1.54, 1.807) is 14.0 Å². The summed E-state index contributed by atoms with van der Waals surface area (Å²) in [6.07, 6.45) is 1.27. The van der Waals surface area contributed by atoms with Gasteiger partial charge in [0.1, 0.15) is 11.4 Å². The first-order valence-electron chi connectivity index (χ1n) is 7.70. The zero-order chi connectivity index (χ0) is 19.0. The Morgan fingerprint density at radius 1 is 1.40 bits per heavy atom. The number of rotatable bonds is 8. The number of ether oxygens (including phenoxy) is 1. The fourth-order valence-electron chi connectivity index (χ4n) is 1.72. The molecule has 0 saturated carbocycles. The molecule has 0 atom stereocenters. The lowest BCUT2D eigenvalue weighted by atomic mass is 10.3. The van der Waals surface area contributed by atoms with Gasteiger partial charge < -0.3 is 20.7 Å². The van der Waals surface area contributed by atoms with E-state index in [0.29, 0.717) is 0 Å². The smallest absolute Gasteiger partial charge is 0.343 e. The highest BCUT2D eigenvalue weighted by Crippen LogP contribution is 2.17. The molecule has 1 aromatic rings. The molecule has 0 bridgehead atoms. The lowest BCUT2D eigenvalue weighted by Gasteiger charge is -2.17. The Bertz CT molecular complexity index is 638. The minimum Gasteiger partial charge on any atom is -0.462 e. The van der Waals surface area contributed by atoms with Crippen molar-refractivity contribution in [1.29, 1.82) is 0 Å². The second-order valence-electron chi connectivity index (χ2n) is 5.43. The summed E-state index contributed by atoms with van der Waals surface area (Å²) < 4.78 is 4.84. The molecule has 0 aliphatic carbocycles. The third-order valence-corrected chi connectivity index (χ3v) is 3.72. The van der Waals surface area contributed by atoms with E-state index >= 15 is 0 Å². The molecule has 10 heteroatoms. The van der Waals surface area contributed by atoms with E-state index in [2.05, 4.69) is 15.3 Å². The molecule has 1 aromatic heterocycles. The maximum absolute atomic E-state index is 12.0. The Hall–Kier alpha value is -2.36. The Morgan fingerprint density at radius 3 is 2.64 bits per heavy atom. The monoisotopic (exact) mass is 369 g/mol. The van der Waals surface area contributed by atoms with Crippen molar-refractivity contribution in [2.45, 2.75) is 32.0 Å². The molecule has 0 spiro atoms. The van der Waals surface area contributed by atoms with Crippen LogP contribution >= 0.6 is 11.8 Å². The predicted molar refractivity (Wildman–Crippen MR) is 94.0 cm³/mol. The third kappa shape index (κ3) is 6.96. The van der Waals surface area contributed by atoms with E-state index in [1.807, 2.05) is 13.8 Å². The number of esters is 1. The van der Waals surface area contributed by atoms with Crippen LogP contribution in [0.5, 0.6) is 0 Å². The molecule has 0 aromatic carbocycles. The van der Waals surface area contributed by atoms with Gasteiger partial charge in [0.05, 0.1) is 18.9 Å². The van der Waals surface area contributed by atoms with Crippen molar-refractivity contribution in [3.8, 4) is 0 Å². The molecule has 2 amide bonds. The quantitative estimate of drug-likeness (QED) is 0.381. The number of hydrogen-bond acceptors (Lipinski definition) is 8. The van der Waals surface area contributed by atoms with Gasteiger partial charge in [-0.25, -0.2) is 14.8 Å². The molecule has 0 unspecified atom stereocenters. The van der Waals surface area contributed by atoms with Crippen LogP contribution in [-0.2, 0) is 14.3 Å². The number of anilines is 1. The molecule has 1 rings (SSSR count). The van der Waals surface area contributed by atoms with E-state index in [9.17, 15) is 14.4 Å². The lowest BCUT2D eigenvalue weighted by molar-refractivity contribution is -0.132. The van der Waals surface area contributed by atoms with Gasteiger partial charge in [0.15, 0.2) is 5.16 Å². The first-order valence-corrected chi connectivity index (χ1v) is 8.68. The van der Waals surface area contributed by atoms with E-state index in [-0.39, 0.29) is 53.3 Å². The summed E-state index contributed by atoms with van der Waals surface area (Å²) in [5.41, 5.74) is 5.80. The Labute approximate surface area is 150 Å². The van der Waals surface area contributed by atoms with Crippen molar-refractivity contribution in [2.24, 2.45) is 0 Å². The molecule has 138 valence electrons. The molecule has 0 aliphatic heterocycles. The molecular weight excluding hydrogens is 346 g/mol. The van der Waals surface area contributed by atoms with Gasteiger partial charge in [-0.1, -0.05) is 11.8 Å². The molecule has 25 heavy (non-hydrogen) atoms. The second-order valence-corrected chi connectivity index (χ2v) is 6.38. The van der Waals surface area contributed by atoms with E-state index < -0.39 is 5.97 Å². The largest absolute Gasteiger partial charge is 0.462 e. The highest BCUT2D eigenvalue weighted by molar-refractivity contribution is 7.99. The van der Waals surface area contributed by atoms with Gasteiger partial charge in [0, 0.05) is 19.3 Å². The summed E-state index contributed by atoms with van der Waals surface area (Å²) >= 11 is 1.07. The zero-order valence-corrected chi connectivity index (χ0v) is 15.6. The Kier molecular flexibility index (Phi) is 8.12. The highest BCUT2D eigenvalue weighted by Gasteiger charge is 2.17. The summed E-state index contributed by atoms with van der Waals surface area (Å²) in [4.78, 5) is 44.6. The fourth-order valence-corrected chi connectivity index (χ4v) is 2.48. The third-order valence-electron chi connectivity index (χ3n) is 2.87. The normalized spacial score (nSPS) is 10.4. The second kappa shape index (κ2) is 9.82. The van der Waals surface area contributed by atoms with Crippen molar-refractivity contribution in [2.75, 3.05) is 31.7 Å². The van der Waals surface area contributed by atoms with Gasteiger partial charge in [-0.3, -0.25) is 9.59 Å². The highest BCUT2D eigenvalue weighted by atomic mass is 32.2. The van der Waals surface area contributed by atoms with Crippen LogP contribution in [-0.4, -0.2) is 64.6 Å². The predicted octanol–water partition coefficient (Wildman–Crippen LogP) is 0.311. The molecule has 0 fully saturated rings. The van der Waals surface area contributed by atoms with Gasteiger partial charge in [0.25, 0.3) is 0 Å². The minimum absolute atomic E-state index is 0.00642. The summed E-state index contributed by atoms with van der Waals surface area (Å²) in [6, 6.07) is 0.0136. The number of carbonyl (C=O) groups is 3. The molecule has 0 aliphatic rings. The number of aromatic nitrogens is 2. The first kappa shape index (κ1) is 20.7. The molecule has 3 N–H and O–H groups in total. The molecule has 9 nitrogen and oxygen atoms in total. The average molecular weight is 369 g/mol. The number of amides is 2. The molecule has 0 saturated heterocycles. The number of carbonyl (C=O) groups excluding carboxylic acids is 3. The number of nitrogens with one attached hydrogen (secondary N) is 1. The number of nitrogens with zero attached hydrogens (tertiary/aromatic N) is 3. The maximum atomic E-state index is 12.0. The van der Waals surface area contributed by atoms with Crippen molar-refractivity contribution in [3.05, 3.63) is 11.8 Å². The van der Waals surface area contributed by atoms with Gasteiger partial charge in [0.2, 0.25) is 11.8 Å². The van der Waals surface area contributed by atoms with E-state index in [0.717, 1.165) is 11.8 Å². The molecule has 0 radical (unpaired) electrons. The van der Waals surface area contributed by atoms with Crippen molar-refractivity contribution in [1.82, 2.24) is 20.2 Å². The van der Waals surface area contributed by atoms with Gasteiger partial charge in [-0.2, -0.15) is 0 Å². The van der Waals surface area contributed by atoms with Crippen molar-refractivity contribution >= 4 is 35.4 Å². The number of thioether (sulfide) groups is 1. The minimum atomic E-state index is -0.594. The van der Waals surface area contributed by atoms with Crippen LogP contribution in [0.4, 0.5) is 5.82 Å². The van der Waals surface area contributed by atoms with Crippen LogP contribution in [0.2, 0.25) is 0 Å². The summed E-state index contributed by atoms with van der Waals surface area (Å²) in [6.45, 7) is 5.57. The van der Waals surface area contributed by atoms with Crippen LogP contribution < -0.4 is 11.1 Å². The zero-order valence-electron chi connectivity index (χ0n) is 14.7. The topological polar surface area (TPSA) is 128 Å². The van der Waals surface area contributed by atoms with Gasteiger partial charge in [-0.05, 0) is 20.8 Å². The van der Waals surface area contributed by atoms with Crippen LogP contribution in [0, 0.1) is 0 Å². The number of hydrogen-bond donors (Lipinski definition) is 2. The summed E-state index contributed by atoms with van der Waals surface area (Å²) in [7, 11) is 1.54. The van der Waals surface area contributed by atoms with Crippen LogP contribution in [0.25, 0.3) is 0 Å². The fraction of sp³-hybridized carbons (Fsp3) is 0.533. The Morgan fingerprint density at radius 2 is 2.08 bits per heavy atom. The number of likely N-dealkylation sites (N-methyl/N-ethyl adjacent to an activating group) is 1. The molecular formula is C15H23N5O4S. The summed E-state index contributed by atoms with van der Waals surface area (Å²) in [5, 5.41) is 2.98. The SMILES string of the molecule is CCOC(=O)c1cnc(SCC(=O)N(C)CC(=O)NC(C)C)nc1N. The van der Waals surface area contributed by atoms with E-state index in [1.165, 1.54) is 11.1 Å². The molecule has 1 heterocycles. The van der Waals surface area contributed by atoms with Gasteiger partial charge >= 0.3 is 5.97 Å². The van der Waals surface area contributed by atoms with Crippen LogP contribution in [0.3, 0.4) is 0 Å². The maximum Gasteiger partial charge on any atom is 0.343 e. The number of nitrogen functional groups attached to an aromatic ring is 1. The average Bonchev–Trinajstić information content (AvgIpc) is 2.51. The summed E-state index contributed by atoms with van der Waals surface area (Å²) in [5.74, 6) is -1.03. The van der Waals surface area contributed by atoms with E-state index in [4.69, 9.17) is 10.5 Å². The van der Waals surface area contributed by atoms with Crippen LogP contribution in [0.15, 0.2) is 11.4 Å². The van der Waals surface area contributed by atoms with Crippen molar-refractivity contribution < 1.29 is 19.1 Å². The van der Waals surface area contributed by atoms with Crippen molar-refractivity contribution in [3.63, 3.8) is 0 Å². The standard InChI is InChI=1S/C15H23N5O4S/c1-5-24-14(23)10-6-17-15(19-13(10)16)25-8-12(22)20(4)7-11(21)18-9(2)3/h6,9H,5,7-8H2,1-4H3,(H,18,21)(H2,16,17,19). The first-order chi connectivity index (χ1) is 11.7.